The zero-order valence-corrected chi connectivity index (χ0v) is 11.6. The first-order valence-corrected chi connectivity index (χ1v) is 7.05. The Hall–Kier alpha value is -1.01. The average Bonchev–Trinajstić information content (AvgIpc) is 2.82. The van der Waals surface area contributed by atoms with Gasteiger partial charge in [0, 0.05) is 5.56 Å². The van der Waals surface area contributed by atoms with Crippen LogP contribution in [0, 0.1) is 0 Å². The van der Waals surface area contributed by atoms with Gasteiger partial charge in [-0.3, -0.25) is 4.79 Å². The van der Waals surface area contributed by atoms with Crippen molar-refractivity contribution in [1.82, 2.24) is 5.16 Å². The second-order valence-corrected chi connectivity index (χ2v) is 6.12. The maximum Gasteiger partial charge on any atom is 0.320 e. The summed E-state index contributed by atoms with van der Waals surface area (Å²) in [5.41, 5.74) is 6.55. The highest BCUT2D eigenvalue weighted by atomic mass is 32.2. The largest absolute Gasteiger partial charge is 0.480 e. The van der Waals surface area contributed by atoms with Crippen molar-refractivity contribution in [3.8, 4) is 0 Å². The molecule has 102 valence electrons. The average molecular weight is 272 g/mol. The summed E-state index contributed by atoms with van der Waals surface area (Å²) < 4.78 is 4.85. The van der Waals surface area contributed by atoms with Crippen molar-refractivity contribution in [1.29, 1.82) is 0 Å². The molecule has 0 radical (unpaired) electrons. The van der Waals surface area contributed by atoms with E-state index in [1.165, 1.54) is 0 Å². The summed E-state index contributed by atoms with van der Waals surface area (Å²) in [5.74, 6) is 0.804. The van der Waals surface area contributed by atoms with E-state index in [1.54, 1.807) is 24.2 Å². The predicted octanol–water partition coefficient (Wildman–Crippen LogP) is 1.88. The van der Waals surface area contributed by atoms with Gasteiger partial charge >= 0.3 is 5.97 Å². The molecule has 6 heteroatoms. The van der Waals surface area contributed by atoms with Crippen LogP contribution in [0.2, 0.25) is 0 Å². The first-order chi connectivity index (χ1) is 8.43. The van der Waals surface area contributed by atoms with Crippen molar-refractivity contribution in [2.45, 2.75) is 38.1 Å². The lowest BCUT2D eigenvalue weighted by Gasteiger charge is -2.22. The molecule has 3 N–H and O–H groups in total. The van der Waals surface area contributed by atoms with Gasteiger partial charge in [0.1, 0.15) is 12.3 Å². The van der Waals surface area contributed by atoms with Crippen LogP contribution >= 0.6 is 11.8 Å². The molecule has 0 amide bonds. The monoisotopic (exact) mass is 272 g/mol. The molecule has 0 saturated heterocycles. The number of aromatic nitrogens is 1. The zero-order valence-electron chi connectivity index (χ0n) is 10.8. The molecule has 0 aliphatic rings. The van der Waals surface area contributed by atoms with Gasteiger partial charge in [-0.2, -0.15) is 11.8 Å². The Morgan fingerprint density at radius 3 is 2.89 bits per heavy atom. The van der Waals surface area contributed by atoms with Crippen molar-refractivity contribution in [3.05, 3.63) is 18.0 Å². The molecular formula is C12H20N2O3S. The molecule has 0 bridgehead atoms. The normalized spacial score (nSPS) is 13.5. The molecular weight excluding hydrogens is 252 g/mol. The van der Waals surface area contributed by atoms with Gasteiger partial charge in [0.05, 0.1) is 6.20 Å². The highest BCUT2D eigenvalue weighted by Crippen LogP contribution is 2.28. The molecule has 0 aliphatic carbocycles. The van der Waals surface area contributed by atoms with Crippen LogP contribution in [0.3, 0.4) is 0 Å². The van der Waals surface area contributed by atoms with Crippen LogP contribution in [-0.4, -0.2) is 33.8 Å². The number of nitrogens with two attached hydrogens (primary N) is 1. The minimum absolute atomic E-state index is 0.0297. The number of nitrogens with zero attached hydrogens (tertiary/aromatic N) is 1. The number of carbonyl (C=O) groups is 1. The molecule has 0 fully saturated rings. The summed E-state index contributed by atoms with van der Waals surface area (Å²) >= 11 is 1.73. The van der Waals surface area contributed by atoms with Crippen molar-refractivity contribution in [3.63, 3.8) is 0 Å². The summed E-state index contributed by atoms with van der Waals surface area (Å²) in [5, 5.41) is 12.4. The van der Waals surface area contributed by atoms with Gasteiger partial charge < -0.3 is 15.4 Å². The van der Waals surface area contributed by atoms with Gasteiger partial charge in [0.15, 0.2) is 0 Å². The Bertz CT molecular complexity index is 365. The lowest BCUT2D eigenvalue weighted by Crippen LogP contribution is -2.30. The molecule has 18 heavy (non-hydrogen) atoms. The fraction of sp³-hybridized carbons (Fsp3) is 0.667. The van der Waals surface area contributed by atoms with E-state index in [4.69, 9.17) is 15.4 Å². The van der Waals surface area contributed by atoms with E-state index in [2.05, 4.69) is 19.0 Å². The van der Waals surface area contributed by atoms with E-state index in [9.17, 15) is 4.79 Å². The van der Waals surface area contributed by atoms with Crippen LogP contribution in [0.15, 0.2) is 17.0 Å². The van der Waals surface area contributed by atoms with E-state index in [0.29, 0.717) is 6.42 Å². The van der Waals surface area contributed by atoms with Crippen LogP contribution in [-0.2, 0) is 10.2 Å². The van der Waals surface area contributed by atoms with E-state index >= 15 is 0 Å². The van der Waals surface area contributed by atoms with Crippen LogP contribution < -0.4 is 5.73 Å². The molecule has 0 spiro atoms. The van der Waals surface area contributed by atoms with E-state index in [0.717, 1.165) is 23.5 Å². The first-order valence-electron chi connectivity index (χ1n) is 5.89. The van der Waals surface area contributed by atoms with Gasteiger partial charge in [-0.25, -0.2) is 0 Å². The fourth-order valence-corrected chi connectivity index (χ4v) is 2.73. The highest BCUT2D eigenvalue weighted by molar-refractivity contribution is 7.99. The van der Waals surface area contributed by atoms with Gasteiger partial charge in [-0.15, -0.1) is 0 Å². The molecule has 0 saturated carbocycles. The quantitative estimate of drug-likeness (QED) is 0.702. The standard InChI is InChI=1S/C12H20N2O3S/c1-12(2,9-7-14-17-8-9)4-6-18-5-3-10(13)11(15)16/h7-8,10H,3-6,13H2,1-2H3,(H,15,16). The van der Waals surface area contributed by atoms with Crippen LogP contribution in [0.25, 0.3) is 0 Å². The van der Waals surface area contributed by atoms with E-state index < -0.39 is 12.0 Å². The molecule has 1 atom stereocenters. The van der Waals surface area contributed by atoms with Crippen molar-refractivity contribution in [2.75, 3.05) is 11.5 Å². The molecule has 1 aromatic rings. The van der Waals surface area contributed by atoms with Gasteiger partial charge in [0.2, 0.25) is 0 Å². The Morgan fingerprint density at radius 1 is 1.61 bits per heavy atom. The van der Waals surface area contributed by atoms with Crippen LogP contribution in [0.4, 0.5) is 0 Å². The third kappa shape index (κ3) is 4.70. The minimum Gasteiger partial charge on any atom is -0.480 e. The molecule has 1 unspecified atom stereocenters. The summed E-state index contributed by atoms with van der Waals surface area (Å²) in [6.07, 6.45) is 4.91. The lowest BCUT2D eigenvalue weighted by atomic mass is 9.84. The molecule has 0 aliphatic heterocycles. The van der Waals surface area contributed by atoms with E-state index in [1.807, 2.05) is 0 Å². The second-order valence-electron chi connectivity index (χ2n) is 4.89. The van der Waals surface area contributed by atoms with Crippen molar-refractivity contribution >= 4 is 17.7 Å². The van der Waals surface area contributed by atoms with Crippen molar-refractivity contribution < 1.29 is 14.4 Å². The van der Waals surface area contributed by atoms with Crippen LogP contribution in [0.5, 0.6) is 0 Å². The second kappa shape index (κ2) is 6.80. The van der Waals surface area contributed by atoms with Gasteiger partial charge in [-0.05, 0) is 29.8 Å². The fourth-order valence-electron chi connectivity index (χ4n) is 1.45. The Morgan fingerprint density at radius 2 is 2.33 bits per heavy atom. The lowest BCUT2D eigenvalue weighted by molar-refractivity contribution is -0.138. The highest BCUT2D eigenvalue weighted by Gasteiger charge is 2.22. The van der Waals surface area contributed by atoms with Crippen LogP contribution in [0.1, 0.15) is 32.3 Å². The molecule has 5 nitrogen and oxygen atoms in total. The number of hydrogen-bond donors (Lipinski definition) is 2. The Balaban J connectivity index is 2.20. The minimum atomic E-state index is -0.930. The topological polar surface area (TPSA) is 89.4 Å². The predicted molar refractivity (Wildman–Crippen MR) is 71.7 cm³/mol. The zero-order chi connectivity index (χ0) is 13.6. The molecule has 0 aromatic carbocycles. The van der Waals surface area contributed by atoms with Gasteiger partial charge in [-0.1, -0.05) is 19.0 Å². The number of rotatable bonds is 8. The number of aliphatic carboxylic acids is 1. The van der Waals surface area contributed by atoms with E-state index in [-0.39, 0.29) is 5.41 Å². The molecule has 1 aromatic heterocycles. The van der Waals surface area contributed by atoms with Crippen molar-refractivity contribution in [2.24, 2.45) is 5.73 Å². The summed E-state index contributed by atoms with van der Waals surface area (Å²) in [6, 6.07) is -0.747. The number of hydrogen-bond acceptors (Lipinski definition) is 5. The third-order valence-corrected chi connectivity index (χ3v) is 3.99. The third-order valence-electron chi connectivity index (χ3n) is 2.98. The maximum absolute atomic E-state index is 10.5. The summed E-state index contributed by atoms with van der Waals surface area (Å²) in [7, 11) is 0. The first kappa shape index (κ1) is 15.0. The Labute approximate surface area is 111 Å². The maximum atomic E-state index is 10.5. The summed E-state index contributed by atoms with van der Waals surface area (Å²) in [6.45, 7) is 4.28. The SMILES string of the molecule is CC(C)(CCSCCC(N)C(=O)O)c1cnoc1. The Kier molecular flexibility index (Phi) is 5.68. The summed E-state index contributed by atoms with van der Waals surface area (Å²) in [4.78, 5) is 10.5. The van der Waals surface area contributed by atoms with Gasteiger partial charge in [0.25, 0.3) is 0 Å². The molecule has 1 rings (SSSR count). The molecule has 1 heterocycles. The number of carboxylic acid groups (broad SMARTS) is 1. The smallest absolute Gasteiger partial charge is 0.320 e. The number of thioether (sulfide) groups is 1. The number of carboxylic acids is 1.